The number of carbonyl (C=O) groups excluding carboxylic acids is 1. The highest BCUT2D eigenvalue weighted by molar-refractivity contribution is 7.12. The van der Waals surface area contributed by atoms with Crippen LogP contribution in [0.5, 0.6) is 5.75 Å². The first-order chi connectivity index (χ1) is 11.8. The van der Waals surface area contributed by atoms with Gasteiger partial charge < -0.3 is 14.2 Å². The highest BCUT2D eigenvalue weighted by Gasteiger charge is 2.25. The maximum Gasteiger partial charge on any atom is 0.264 e. The van der Waals surface area contributed by atoms with Gasteiger partial charge in [0.25, 0.3) is 5.91 Å². The van der Waals surface area contributed by atoms with Crippen LogP contribution in [0, 0.1) is 0 Å². The van der Waals surface area contributed by atoms with Crippen molar-refractivity contribution in [1.29, 1.82) is 0 Å². The largest absolute Gasteiger partial charge is 0.486 e. The Bertz CT molecular complexity index is 830. The lowest BCUT2D eigenvalue weighted by molar-refractivity contribution is 0.0714. The molecule has 1 aliphatic heterocycles. The molecular formula is C17H16N4O2S. The molecule has 122 valence electrons. The molecule has 0 saturated heterocycles. The van der Waals surface area contributed by atoms with Gasteiger partial charge in [-0.3, -0.25) is 9.78 Å². The second kappa shape index (κ2) is 6.45. The van der Waals surface area contributed by atoms with Crippen LogP contribution in [0.25, 0.3) is 0 Å². The summed E-state index contributed by atoms with van der Waals surface area (Å²) in [5.41, 5.74) is 1.90. The SMILES string of the molecule is O=C(c1cccs1)N1CCn2cnc(COc3cccnc3)c2C1. The molecule has 1 amide bonds. The monoisotopic (exact) mass is 340 g/mol. The molecule has 7 heteroatoms. The van der Waals surface area contributed by atoms with E-state index in [1.165, 1.54) is 11.3 Å². The van der Waals surface area contributed by atoms with Crippen molar-refractivity contribution in [3.63, 3.8) is 0 Å². The summed E-state index contributed by atoms with van der Waals surface area (Å²) in [7, 11) is 0. The van der Waals surface area contributed by atoms with Crippen LogP contribution in [-0.4, -0.2) is 31.9 Å². The molecule has 0 bridgehead atoms. The highest BCUT2D eigenvalue weighted by atomic mass is 32.1. The quantitative estimate of drug-likeness (QED) is 0.732. The fourth-order valence-corrected chi connectivity index (χ4v) is 3.44. The Balaban J connectivity index is 1.48. The number of thiophene rings is 1. The highest BCUT2D eigenvalue weighted by Crippen LogP contribution is 2.21. The van der Waals surface area contributed by atoms with Crippen molar-refractivity contribution >= 4 is 17.2 Å². The molecule has 1 aliphatic rings. The van der Waals surface area contributed by atoms with E-state index >= 15 is 0 Å². The van der Waals surface area contributed by atoms with E-state index in [2.05, 4.69) is 14.5 Å². The van der Waals surface area contributed by atoms with Crippen molar-refractivity contribution in [2.45, 2.75) is 19.7 Å². The molecule has 0 saturated carbocycles. The lowest BCUT2D eigenvalue weighted by Gasteiger charge is -2.28. The summed E-state index contributed by atoms with van der Waals surface area (Å²) in [6, 6.07) is 7.46. The molecule has 0 aromatic carbocycles. The average Bonchev–Trinajstić information content (AvgIpc) is 3.30. The fraction of sp³-hybridized carbons (Fsp3) is 0.235. The van der Waals surface area contributed by atoms with Gasteiger partial charge in [-0.2, -0.15) is 0 Å². The summed E-state index contributed by atoms with van der Waals surface area (Å²) in [4.78, 5) is 23.7. The van der Waals surface area contributed by atoms with E-state index < -0.39 is 0 Å². The standard InChI is InChI=1S/C17H16N4O2S/c22-17(16-4-2-8-24-16)20-6-7-21-12-19-14(15(21)10-20)11-23-13-3-1-5-18-9-13/h1-5,8-9,12H,6-7,10-11H2. The molecule has 0 fully saturated rings. The number of rotatable bonds is 4. The Kier molecular flexibility index (Phi) is 4.00. The van der Waals surface area contributed by atoms with E-state index in [0.717, 1.165) is 22.8 Å². The van der Waals surface area contributed by atoms with Gasteiger partial charge in [0.1, 0.15) is 18.1 Å². The number of carbonyl (C=O) groups is 1. The maximum absolute atomic E-state index is 12.6. The van der Waals surface area contributed by atoms with Crippen molar-refractivity contribution in [1.82, 2.24) is 19.4 Å². The van der Waals surface area contributed by atoms with Crippen LogP contribution in [-0.2, 0) is 19.7 Å². The molecule has 0 aliphatic carbocycles. The van der Waals surface area contributed by atoms with Crippen molar-refractivity contribution in [3.8, 4) is 5.75 Å². The van der Waals surface area contributed by atoms with Gasteiger partial charge in [0, 0.05) is 19.3 Å². The Morgan fingerprint density at radius 3 is 3.04 bits per heavy atom. The third-order valence-electron chi connectivity index (χ3n) is 4.01. The van der Waals surface area contributed by atoms with E-state index in [9.17, 15) is 4.79 Å². The maximum atomic E-state index is 12.6. The number of aromatic nitrogens is 3. The van der Waals surface area contributed by atoms with Crippen LogP contribution in [0.1, 0.15) is 21.1 Å². The van der Waals surface area contributed by atoms with Gasteiger partial charge in [-0.1, -0.05) is 6.07 Å². The Hall–Kier alpha value is -2.67. The summed E-state index contributed by atoms with van der Waals surface area (Å²) < 4.78 is 7.84. The molecular weight excluding hydrogens is 324 g/mol. The molecule has 3 aromatic rings. The number of nitrogens with zero attached hydrogens (tertiary/aromatic N) is 4. The number of ether oxygens (including phenoxy) is 1. The first-order valence-electron chi connectivity index (χ1n) is 7.70. The van der Waals surface area contributed by atoms with Crippen molar-refractivity contribution in [2.24, 2.45) is 0 Å². The zero-order chi connectivity index (χ0) is 16.4. The Morgan fingerprint density at radius 2 is 2.25 bits per heavy atom. The van der Waals surface area contributed by atoms with Crippen LogP contribution in [0.4, 0.5) is 0 Å². The van der Waals surface area contributed by atoms with Gasteiger partial charge in [-0.05, 0) is 23.6 Å². The summed E-state index contributed by atoms with van der Waals surface area (Å²) in [5, 5.41) is 1.93. The van der Waals surface area contributed by atoms with E-state index in [-0.39, 0.29) is 5.91 Å². The van der Waals surface area contributed by atoms with Crippen LogP contribution < -0.4 is 4.74 Å². The van der Waals surface area contributed by atoms with Crippen LogP contribution in [0.15, 0.2) is 48.4 Å². The minimum absolute atomic E-state index is 0.0802. The Labute approximate surface area is 143 Å². The molecule has 0 N–H and O–H groups in total. The second-order valence-corrected chi connectivity index (χ2v) is 6.46. The predicted molar refractivity (Wildman–Crippen MR) is 89.9 cm³/mol. The number of imidazole rings is 1. The van der Waals surface area contributed by atoms with Crippen LogP contribution in [0.3, 0.4) is 0 Å². The third kappa shape index (κ3) is 2.90. The topological polar surface area (TPSA) is 60.2 Å². The number of pyridine rings is 1. The summed E-state index contributed by atoms with van der Waals surface area (Å²) in [6.07, 6.45) is 5.21. The molecule has 6 nitrogen and oxygen atoms in total. The van der Waals surface area contributed by atoms with Gasteiger partial charge in [0.05, 0.1) is 29.6 Å². The van der Waals surface area contributed by atoms with E-state index in [0.29, 0.717) is 25.4 Å². The normalized spacial score (nSPS) is 13.6. The molecule has 3 aromatic heterocycles. The lowest BCUT2D eigenvalue weighted by atomic mass is 10.2. The zero-order valence-corrected chi connectivity index (χ0v) is 13.8. The number of amides is 1. The average molecular weight is 340 g/mol. The summed E-state index contributed by atoms with van der Waals surface area (Å²) in [6.45, 7) is 2.38. The minimum atomic E-state index is 0.0802. The van der Waals surface area contributed by atoms with Gasteiger partial charge in [0.2, 0.25) is 0 Å². The summed E-state index contributed by atoms with van der Waals surface area (Å²) in [5.74, 6) is 0.790. The van der Waals surface area contributed by atoms with E-state index in [1.807, 2.05) is 40.9 Å². The van der Waals surface area contributed by atoms with E-state index in [1.54, 1.807) is 12.4 Å². The zero-order valence-electron chi connectivity index (χ0n) is 13.0. The molecule has 0 unspecified atom stereocenters. The lowest BCUT2D eigenvalue weighted by Crippen LogP contribution is -2.38. The van der Waals surface area contributed by atoms with Gasteiger partial charge in [-0.15, -0.1) is 11.3 Å². The smallest absolute Gasteiger partial charge is 0.264 e. The fourth-order valence-electron chi connectivity index (χ4n) is 2.75. The van der Waals surface area contributed by atoms with Gasteiger partial charge >= 0.3 is 0 Å². The van der Waals surface area contributed by atoms with Gasteiger partial charge in [0.15, 0.2) is 0 Å². The summed E-state index contributed by atoms with van der Waals surface area (Å²) >= 11 is 1.47. The van der Waals surface area contributed by atoms with Crippen LogP contribution in [0.2, 0.25) is 0 Å². The van der Waals surface area contributed by atoms with E-state index in [4.69, 9.17) is 4.74 Å². The van der Waals surface area contributed by atoms with Crippen molar-refractivity contribution in [2.75, 3.05) is 6.54 Å². The molecule has 0 radical (unpaired) electrons. The number of hydrogen-bond acceptors (Lipinski definition) is 5. The number of hydrogen-bond donors (Lipinski definition) is 0. The third-order valence-corrected chi connectivity index (χ3v) is 4.87. The second-order valence-electron chi connectivity index (χ2n) is 5.51. The van der Waals surface area contributed by atoms with Crippen molar-refractivity contribution in [3.05, 3.63) is 64.6 Å². The van der Waals surface area contributed by atoms with Gasteiger partial charge in [-0.25, -0.2) is 4.98 Å². The molecule has 4 heterocycles. The predicted octanol–water partition coefficient (Wildman–Crippen LogP) is 2.57. The molecule has 0 atom stereocenters. The molecule has 24 heavy (non-hydrogen) atoms. The first-order valence-corrected chi connectivity index (χ1v) is 8.58. The van der Waals surface area contributed by atoms with Crippen molar-refractivity contribution < 1.29 is 9.53 Å². The number of fused-ring (bicyclic) bond motifs is 1. The first kappa shape index (κ1) is 14.9. The van der Waals surface area contributed by atoms with Crippen LogP contribution >= 0.6 is 11.3 Å². The Morgan fingerprint density at radius 1 is 1.29 bits per heavy atom. The minimum Gasteiger partial charge on any atom is -0.486 e. The molecule has 0 spiro atoms. The molecule has 4 rings (SSSR count).